The van der Waals surface area contributed by atoms with Gasteiger partial charge in [0, 0.05) is 5.56 Å². The van der Waals surface area contributed by atoms with Gasteiger partial charge in [0.25, 0.3) is 5.91 Å². The molecule has 1 aromatic heterocycles. The van der Waals surface area contributed by atoms with Gasteiger partial charge < -0.3 is 14.8 Å². The van der Waals surface area contributed by atoms with Gasteiger partial charge in [0.2, 0.25) is 0 Å². The Balaban J connectivity index is 1.52. The molecule has 0 radical (unpaired) electrons. The van der Waals surface area contributed by atoms with Gasteiger partial charge in [-0.05, 0) is 65.2 Å². The third-order valence-corrected chi connectivity index (χ3v) is 4.74. The number of carbonyl (C=O) groups is 1. The maximum Gasteiger partial charge on any atom is 0.251 e. The Morgan fingerprint density at radius 1 is 1.18 bits per heavy atom. The molecule has 1 N–H and O–H groups in total. The van der Waals surface area contributed by atoms with E-state index in [1.165, 1.54) is 6.33 Å². The molecular weight excluding hydrogens is 358 g/mol. The Hall–Kier alpha value is -3.42. The number of aryl methyl sites for hydroxylation is 1. The molecular formula is C20H21N5O3. The molecule has 0 aliphatic carbocycles. The minimum atomic E-state index is -0.131. The van der Waals surface area contributed by atoms with Gasteiger partial charge in [-0.2, -0.15) is 0 Å². The van der Waals surface area contributed by atoms with Crippen molar-refractivity contribution in [2.75, 3.05) is 13.2 Å². The van der Waals surface area contributed by atoms with E-state index in [1.54, 1.807) is 10.7 Å². The van der Waals surface area contributed by atoms with Crippen LogP contribution in [0.4, 0.5) is 0 Å². The van der Waals surface area contributed by atoms with E-state index in [2.05, 4.69) is 20.8 Å². The molecule has 0 saturated carbocycles. The number of carbonyl (C=O) groups excluding carboxylic acids is 1. The highest BCUT2D eigenvalue weighted by Gasteiger charge is 2.19. The summed E-state index contributed by atoms with van der Waals surface area (Å²) in [4.78, 5) is 12.8. The molecule has 1 amide bonds. The van der Waals surface area contributed by atoms with Crippen molar-refractivity contribution in [3.8, 4) is 17.2 Å². The van der Waals surface area contributed by atoms with Gasteiger partial charge in [-0.1, -0.05) is 13.0 Å². The summed E-state index contributed by atoms with van der Waals surface area (Å²) in [5.41, 5.74) is 3.32. The smallest absolute Gasteiger partial charge is 0.251 e. The highest BCUT2D eigenvalue weighted by atomic mass is 16.6. The zero-order chi connectivity index (χ0) is 19.5. The zero-order valence-electron chi connectivity index (χ0n) is 15.8. The molecule has 4 rings (SSSR count). The van der Waals surface area contributed by atoms with Crippen LogP contribution in [-0.2, 0) is 0 Å². The fourth-order valence-electron chi connectivity index (χ4n) is 3.26. The van der Waals surface area contributed by atoms with Gasteiger partial charge in [0.15, 0.2) is 11.5 Å². The molecule has 0 bridgehead atoms. The first kappa shape index (κ1) is 18.0. The third kappa shape index (κ3) is 3.53. The maximum absolute atomic E-state index is 12.8. The van der Waals surface area contributed by atoms with Crippen molar-refractivity contribution in [3.05, 3.63) is 59.4 Å². The molecule has 8 nitrogen and oxygen atoms in total. The molecule has 1 atom stereocenters. The topological polar surface area (TPSA) is 91.2 Å². The SMILES string of the molecule is CCC(NC(=O)c1ccc(-n2cnnn2)c(C)c1)c1ccc2c(c1)OCCO2. The second kappa shape index (κ2) is 7.67. The monoisotopic (exact) mass is 379 g/mol. The van der Waals surface area contributed by atoms with Crippen LogP contribution in [0.5, 0.6) is 11.5 Å². The van der Waals surface area contributed by atoms with Crippen molar-refractivity contribution in [2.24, 2.45) is 0 Å². The van der Waals surface area contributed by atoms with Gasteiger partial charge in [-0.25, -0.2) is 4.68 Å². The number of tetrazole rings is 1. The lowest BCUT2D eigenvalue weighted by molar-refractivity contribution is 0.0935. The van der Waals surface area contributed by atoms with Crippen molar-refractivity contribution in [1.29, 1.82) is 0 Å². The number of rotatable bonds is 5. The lowest BCUT2D eigenvalue weighted by Crippen LogP contribution is -2.28. The molecule has 0 fully saturated rings. The van der Waals surface area contributed by atoms with Gasteiger partial charge in [0.1, 0.15) is 19.5 Å². The van der Waals surface area contributed by atoms with E-state index in [1.807, 2.05) is 44.2 Å². The van der Waals surface area contributed by atoms with E-state index in [4.69, 9.17) is 9.47 Å². The van der Waals surface area contributed by atoms with Crippen LogP contribution in [0.15, 0.2) is 42.7 Å². The van der Waals surface area contributed by atoms with Gasteiger partial charge in [0.05, 0.1) is 11.7 Å². The van der Waals surface area contributed by atoms with E-state index in [-0.39, 0.29) is 11.9 Å². The Morgan fingerprint density at radius 2 is 2.00 bits per heavy atom. The quantitative estimate of drug-likeness (QED) is 0.733. The lowest BCUT2D eigenvalue weighted by atomic mass is 10.0. The standard InChI is InChI=1S/C20H21N5O3/c1-3-16(14-5-7-18-19(11-14)28-9-8-27-18)22-20(26)15-4-6-17(13(2)10-15)25-12-21-23-24-25/h4-7,10-12,16H,3,8-9H2,1-2H3,(H,22,26). The number of nitrogens with zero attached hydrogens (tertiary/aromatic N) is 4. The second-order valence-electron chi connectivity index (χ2n) is 6.59. The molecule has 3 aromatic rings. The molecule has 0 spiro atoms. The molecule has 144 valence electrons. The first-order valence-corrected chi connectivity index (χ1v) is 9.20. The zero-order valence-corrected chi connectivity index (χ0v) is 15.8. The average Bonchev–Trinajstić information content (AvgIpc) is 3.26. The Labute approximate surface area is 162 Å². The van der Waals surface area contributed by atoms with E-state index < -0.39 is 0 Å². The maximum atomic E-state index is 12.8. The summed E-state index contributed by atoms with van der Waals surface area (Å²) in [5.74, 6) is 1.33. The van der Waals surface area contributed by atoms with E-state index in [0.29, 0.717) is 18.8 Å². The van der Waals surface area contributed by atoms with Crippen LogP contribution in [-0.4, -0.2) is 39.3 Å². The minimum Gasteiger partial charge on any atom is -0.486 e. The fourth-order valence-corrected chi connectivity index (χ4v) is 3.26. The van der Waals surface area contributed by atoms with Crippen molar-refractivity contribution >= 4 is 5.91 Å². The van der Waals surface area contributed by atoms with Gasteiger partial charge >= 0.3 is 0 Å². The molecule has 2 aromatic carbocycles. The van der Waals surface area contributed by atoms with Crippen molar-refractivity contribution < 1.29 is 14.3 Å². The number of hydrogen-bond acceptors (Lipinski definition) is 6. The molecule has 1 unspecified atom stereocenters. The number of amides is 1. The molecule has 1 aliphatic heterocycles. The second-order valence-corrected chi connectivity index (χ2v) is 6.59. The molecule has 28 heavy (non-hydrogen) atoms. The number of fused-ring (bicyclic) bond motifs is 1. The largest absolute Gasteiger partial charge is 0.486 e. The third-order valence-electron chi connectivity index (χ3n) is 4.74. The van der Waals surface area contributed by atoms with Crippen LogP contribution in [0.2, 0.25) is 0 Å². The summed E-state index contributed by atoms with van der Waals surface area (Å²) in [5, 5.41) is 14.3. The predicted molar refractivity (Wildman–Crippen MR) is 102 cm³/mol. The fraction of sp³-hybridized carbons (Fsp3) is 0.300. The lowest BCUT2D eigenvalue weighted by Gasteiger charge is -2.22. The van der Waals surface area contributed by atoms with Crippen LogP contribution in [0.1, 0.15) is 40.9 Å². The Bertz CT molecular complexity index is 988. The summed E-state index contributed by atoms with van der Waals surface area (Å²) in [6.07, 6.45) is 2.28. The minimum absolute atomic E-state index is 0.122. The summed E-state index contributed by atoms with van der Waals surface area (Å²) in [6, 6.07) is 11.1. The first-order chi connectivity index (χ1) is 13.7. The molecule has 2 heterocycles. The Morgan fingerprint density at radius 3 is 2.71 bits per heavy atom. The van der Waals surface area contributed by atoms with E-state index >= 15 is 0 Å². The van der Waals surface area contributed by atoms with Crippen LogP contribution in [0.3, 0.4) is 0 Å². The van der Waals surface area contributed by atoms with Crippen molar-refractivity contribution in [1.82, 2.24) is 25.5 Å². The molecule has 8 heteroatoms. The highest BCUT2D eigenvalue weighted by molar-refractivity contribution is 5.95. The summed E-state index contributed by atoms with van der Waals surface area (Å²) in [7, 11) is 0. The number of aromatic nitrogens is 4. The van der Waals surface area contributed by atoms with E-state index in [9.17, 15) is 4.79 Å². The van der Waals surface area contributed by atoms with Gasteiger partial charge in [-0.15, -0.1) is 5.10 Å². The molecule has 1 aliphatic rings. The summed E-state index contributed by atoms with van der Waals surface area (Å²) >= 11 is 0. The summed E-state index contributed by atoms with van der Waals surface area (Å²) < 4.78 is 12.8. The first-order valence-electron chi connectivity index (χ1n) is 9.20. The van der Waals surface area contributed by atoms with Gasteiger partial charge in [-0.3, -0.25) is 4.79 Å². The van der Waals surface area contributed by atoms with Crippen LogP contribution >= 0.6 is 0 Å². The number of nitrogens with one attached hydrogen (secondary N) is 1. The Kier molecular flexibility index (Phi) is 4.92. The van der Waals surface area contributed by atoms with Crippen LogP contribution < -0.4 is 14.8 Å². The van der Waals surface area contributed by atoms with Crippen molar-refractivity contribution in [2.45, 2.75) is 26.3 Å². The van der Waals surface area contributed by atoms with E-state index in [0.717, 1.165) is 34.7 Å². The predicted octanol–water partition coefficient (Wildman–Crippen LogP) is 2.62. The van der Waals surface area contributed by atoms with Crippen LogP contribution in [0, 0.1) is 6.92 Å². The highest BCUT2D eigenvalue weighted by Crippen LogP contribution is 2.33. The van der Waals surface area contributed by atoms with Crippen molar-refractivity contribution in [3.63, 3.8) is 0 Å². The summed E-state index contributed by atoms with van der Waals surface area (Å²) in [6.45, 7) is 5.05. The molecule has 0 saturated heterocycles. The number of benzene rings is 2. The number of ether oxygens (including phenoxy) is 2. The average molecular weight is 379 g/mol. The normalized spacial score (nSPS) is 13.8. The van der Waals surface area contributed by atoms with Crippen LogP contribution in [0.25, 0.3) is 5.69 Å². The number of hydrogen-bond donors (Lipinski definition) is 1.